The van der Waals surface area contributed by atoms with E-state index in [4.69, 9.17) is 12.2 Å². The predicted molar refractivity (Wildman–Crippen MR) is 62.3 cm³/mol. The quantitative estimate of drug-likeness (QED) is 0.674. The van der Waals surface area contributed by atoms with Gasteiger partial charge < -0.3 is 15.3 Å². The highest BCUT2D eigenvalue weighted by Crippen LogP contribution is 2.14. The lowest BCUT2D eigenvalue weighted by atomic mass is 10.1. The lowest BCUT2D eigenvalue weighted by molar-refractivity contribution is 0.0843. The number of nitrogens with zero attached hydrogens (tertiary/aromatic N) is 1. The SMILES string of the molecule is C[C@@H]1CCN(C(=S)NCC(C)(C)O)C1. The van der Waals surface area contributed by atoms with Crippen LogP contribution in [0.3, 0.4) is 0 Å². The first kappa shape index (κ1) is 11.7. The van der Waals surface area contributed by atoms with E-state index in [0.717, 1.165) is 24.1 Å². The minimum atomic E-state index is -0.699. The number of likely N-dealkylation sites (tertiary alicyclic amines) is 1. The fraction of sp³-hybridized carbons (Fsp3) is 0.900. The Bertz CT molecular complexity index is 213. The summed E-state index contributed by atoms with van der Waals surface area (Å²) >= 11 is 5.24. The van der Waals surface area contributed by atoms with Crippen molar-refractivity contribution in [3.05, 3.63) is 0 Å². The third-order valence-electron chi connectivity index (χ3n) is 2.38. The summed E-state index contributed by atoms with van der Waals surface area (Å²) in [6, 6.07) is 0. The molecule has 1 rings (SSSR count). The van der Waals surface area contributed by atoms with Gasteiger partial charge in [0.05, 0.1) is 5.60 Å². The Morgan fingerprint density at radius 2 is 2.29 bits per heavy atom. The van der Waals surface area contributed by atoms with Crippen molar-refractivity contribution in [1.29, 1.82) is 0 Å². The zero-order valence-electron chi connectivity index (χ0n) is 9.21. The smallest absolute Gasteiger partial charge is 0.169 e. The molecule has 4 heteroatoms. The minimum absolute atomic E-state index is 0.511. The van der Waals surface area contributed by atoms with E-state index in [1.54, 1.807) is 13.8 Å². The van der Waals surface area contributed by atoms with Crippen LogP contribution in [0.1, 0.15) is 27.2 Å². The van der Waals surface area contributed by atoms with Gasteiger partial charge in [-0.15, -0.1) is 0 Å². The molecule has 0 aromatic carbocycles. The molecule has 0 unspecified atom stereocenters. The van der Waals surface area contributed by atoms with Crippen LogP contribution in [-0.4, -0.2) is 40.4 Å². The molecule has 2 N–H and O–H groups in total. The fourth-order valence-electron chi connectivity index (χ4n) is 1.52. The van der Waals surface area contributed by atoms with E-state index in [9.17, 15) is 5.11 Å². The van der Waals surface area contributed by atoms with Crippen LogP contribution in [0.5, 0.6) is 0 Å². The summed E-state index contributed by atoms with van der Waals surface area (Å²) in [5.74, 6) is 0.733. The van der Waals surface area contributed by atoms with Crippen molar-refractivity contribution < 1.29 is 5.11 Å². The summed E-state index contributed by atoms with van der Waals surface area (Å²) in [7, 11) is 0. The number of hydrogen-bond acceptors (Lipinski definition) is 2. The summed E-state index contributed by atoms with van der Waals surface area (Å²) < 4.78 is 0. The molecular formula is C10H20N2OS. The summed E-state index contributed by atoms with van der Waals surface area (Å²) in [5.41, 5.74) is -0.699. The topological polar surface area (TPSA) is 35.5 Å². The number of nitrogens with one attached hydrogen (secondary N) is 1. The van der Waals surface area contributed by atoms with Gasteiger partial charge in [-0.1, -0.05) is 6.92 Å². The lowest BCUT2D eigenvalue weighted by Crippen LogP contribution is -2.44. The minimum Gasteiger partial charge on any atom is -0.389 e. The zero-order chi connectivity index (χ0) is 10.8. The second-order valence-electron chi connectivity index (χ2n) is 4.81. The summed E-state index contributed by atoms with van der Waals surface area (Å²) in [5, 5.41) is 13.4. The Morgan fingerprint density at radius 1 is 1.64 bits per heavy atom. The highest BCUT2D eigenvalue weighted by molar-refractivity contribution is 7.80. The normalized spacial score (nSPS) is 22.6. The van der Waals surface area contributed by atoms with E-state index in [1.807, 2.05) is 0 Å². The van der Waals surface area contributed by atoms with Gasteiger partial charge in [-0.05, 0) is 38.4 Å². The molecule has 3 nitrogen and oxygen atoms in total. The number of rotatable bonds is 2. The van der Waals surface area contributed by atoms with Gasteiger partial charge in [-0.3, -0.25) is 0 Å². The van der Waals surface area contributed by atoms with Gasteiger partial charge in [0.25, 0.3) is 0 Å². The lowest BCUT2D eigenvalue weighted by Gasteiger charge is -2.24. The third-order valence-corrected chi connectivity index (χ3v) is 2.79. The maximum absolute atomic E-state index is 9.52. The van der Waals surface area contributed by atoms with Crippen molar-refractivity contribution in [2.24, 2.45) is 5.92 Å². The molecule has 0 radical (unpaired) electrons. The maximum Gasteiger partial charge on any atom is 0.169 e. The molecule has 1 heterocycles. The van der Waals surface area contributed by atoms with Gasteiger partial charge in [-0.2, -0.15) is 0 Å². The maximum atomic E-state index is 9.52. The Morgan fingerprint density at radius 3 is 2.71 bits per heavy atom. The van der Waals surface area contributed by atoms with Crippen LogP contribution < -0.4 is 5.32 Å². The molecule has 0 bridgehead atoms. The molecular weight excluding hydrogens is 196 g/mol. The van der Waals surface area contributed by atoms with Crippen LogP contribution in [-0.2, 0) is 0 Å². The van der Waals surface area contributed by atoms with Crippen LogP contribution in [0.4, 0.5) is 0 Å². The first-order chi connectivity index (χ1) is 6.38. The monoisotopic (exact) mass is 216 g/mol. The molecule has 1 aliphatic heterocycles. The van der Waals surface area contributed by atoms with Crippen LogP contribution in [0.25, 0.3) is 0 Å². The first-order valence-corrected chi connectivity index (χ1v) is 5.54. The summed E-state index contributed by atoms with van der Waals surface area (Å²) in [6.45, 7) is 8.37. The molecule has 1 fully saturated rings. The van der Waals surface area contributed by atoms with Crippen molar-refractivity contribution in [1.82, 2.24) is 10.2 Å². The Labute approximate surface area is 91.5 Å². The molecule has 1 saturated heterocycles. The highest BCUT2D eigenvalue weighted by Gasteiger charge is 2.21. The molecule has 82 valence electrons. The molecule has 0 spiro atoms. The van der Waals surface area contributed by atoms with Crippen LogP contribution in [0, 0.1) is 5.92 Å². The molecule has 0 aliphatic carbocycles. The van der Waals surface area contributed by atoms with E-state index in [1.165, 1.54) is 6.42 Å². The van der Waals surface area contributed by atoms with Crippen molar-refractivity contribution >= 4 is 17.3 Å². The van der Waals surface area contributed by atoms with Crippen LogP contribution in [0.15, 0.2) is 0 Å². The first-order valence-electron chi connectivity index (χ1n) is 5.13. The second-order valence-corrected chi connectivity index (χ2v) is 5.20. The highest BCUT2D eigenvalue weighted by atomic mass is 32.1. The molecule has 0 amide bonds. The Balaban J connectivity index is 2.29. The largest absolute Gasteiger partial charge is 0.389 e. The molecule has 0 saturated carbocycles. The Hall–Kier alpha value is -0.350. The molecule has 1 atom stereocenters. The molecule has 14 heavy (non-hydrogen) atoms. The third kappa shape index (κ3) is 3.80. The number of aliphatic hydroxyl groups is 1. The van der Waals surface area contributed by atoms with E-state index in [2.05, 4.69) is 17.1 Å². The number of hydrogen-bond donors (Lipinski definition) is 2. The predicted octanol–water partition coefficient (Wildman–Crippen LogP) is 0.974. The van der Waals surface area contributed by atoms with E-state index >= 15 is 0 Å². The van der Waals surface area contributed by atoms with Gasteiger partial charge in [-0.25, -0.2) is 0 Å². The van der Waals surface area contributed by atoms with Crippen molar-refractivity contribution in [3.8, 4) is 0 Å². The number of thiocarbonyl (C=S) groups is 1. The van der Waals surface area contributed by atoms with Crippen LogP contribution in [0.2, 0.25) is 0 Å². The average molecular weight is 216 g/mol. The fourth-order valence-corrected chi connectivity index (χ4v) is 1.76. The van der Waals surface area contributed by atoms with Crippen LogP contribution >= 0.6 is 12.2 Å². The van der Waals surface area contributed by atoms with E-state index in [-0.39, 0.29) is 0 Å². The standard InChI is InChI=1S/C10H20N2OS/c1-8-4-5-12(6-8)9(14)11-7-10(2,3)13/h8,13H,4-7H2,1-3H3,(H,11,14)/t8-/m1/s1. The van der Waals surface area contributed by atoms with Gasteiger partial charge in [0, 0.05) is 19.6 Å². The molecule has 0 aromatic rings. The summed E-state index contributed by atoms with van der Waals surface area (Å²) in [4.78, 5) is 2.17. The average Bonchev–Trinajstić information content (AvgIpc) is 2.46. The van der Waals surface area contributed by atoms with Gasteiger partial charge in [0.2, 0.25) is 0 Å². The zero-order valence-corrected chi connectivity index (χ0v) is 10.0. The van der Waals surface area contributed by atoms with Crippen molar-refractivity contribution in [2.45, 2.75) is 32.8 Å². The van der Waals surface area contributed by atoms with Gasteiger partial charge >= 0.3 is 0 Å². The van der Waals surface area contributed by atoms with E-state index in [0.29, 0.717) is 6.54 Å². The summed E-state index contributed by atoms with van der Waals surface area (Å²) in [6.07, 6.45) is 1.21. The van der Waals surface area contributed by atoms with Crippen molar-refractivity contribution in [3.63, 3.8) is 0 Å². The molecule has 1 aliphatic rings. The molecule has 0 aromatic heterocycles. The van der Waals surface area contributed by atoms with Gasteiger partial charge in [0.1, 0.15) is 0 Å². The van der Waals surface area contributed by atoms with Crippen molar-refractivity contribution in [2.75, 3.05) is 19.6 Å². The Kier molecular flexibility index (Phi) is 3.72. The van der Waals surface area contributed by atoms with Gasteiger partial charge in [0.15, 0.2) is 5.11 Å². The van der Waals surface area contributed by atoms with E-state index < -0.39 is 5.60 Å². The second kappa shape index (κ2) is 4.45.